The summed E-state index contributed by atoms with van der Waals surface area (Å²) in [5.41, 5.74) is 0.885. The third-order valence-electron chi connectivity index (χ3n) is 2.88. The van der Waals surface area contributed by atoms with Gasteiger partial charge in [0.1, 0.15) is 5.75 Å². The summed E-state index contributed by atoms with van der Waals surface area (Å²) >= 11 is 0. The fraction of sp³-hybridized carbons (Fsp3) is 0.462. The highest BCUT2D eigenvalue weighted by molar-refractivity contribution is 5.81. The number of carbonyl (C=O) groups excluding carboxylic acids is 1. The Morgan fingerprint density at radius 3 is 2.94 bits per heavy atom. The summed E-state index contributed by atoms with van der Waals surface area (Å²) < 4.78 is 10.3. The van der Waals surface area contributed by atoms with Crippen LogP contribution < -0.4 is 10.1 Å². The molecule has 5 heteroatoms. The second kappa shape index (κ2) is 6.26. The van der Waals surface area contributed by atoms with Crippen LogP contribution in [0, 0.1) is 0 Å². The maximum Gasteiger partial charge on any atom is 0.242 e. The molecule has 5 nitrogen and oxygen atoms in total. The number of hydrogen-bond acceptors (Lipinski definition) is 4. The van der Waals surface area contributed by atoms with Gasteiger partial charge in [-0.2, -0.15) is 0 Å². The summed E-state index contributed by atoms with van der Waals surface area (Å²) in [4.78, 5) is 13.7. The van der Waals surface area contributed by atoms with Crippen LogP contribution >= 0.6 is 0 Å². The molecule has 1 aliphatic rings. The summed E-state index contributed by atoms with van der Waals surface area (Å²) in [5, 5.41) is 3.10. The standard InChI is InChI=1S/C13H18N2O3/c1-17-12-4-2-3-11(9-12)14-10-13(16)15-5-7-18-8-6-15/h2-4,9,14H,5-8,10H2,1H3. The van der Waals surface area contributed by atoms with Crippen molar-refractivity contribution in [2.75, 3.05) is 45.3 Å². The van der Waals surface area contributed by atoms with E-state index >= 15 is 0 Å². The first-order valence-electron chi connectivity index (χ1n) is 6.03. The number of carbonyl (C=O) groups is 1. The molecule has 18 heavy (non-hydrogen) atoms. The summed E-state index contributed by atoms with van der Waals surface area (Å²) in [5.74, 6) is 0.875. The molecule has 1 N–H and O–H groups in total. The average molecular weight is 250 g/mol. The summed E-state index contributed by atoms with van der Waals surface area (Å²) in [6.45, 7) is 2.92. The Morgan fingerprint density at radius 2 is 2.22 bits per heavy atom. The van der Waals surface area contributed by atoms with Gasteiger partial charge in [-0.15, -0.1) is 0 Å². The van der Waals surface area contributed by atoms with Gasteiger partial charge in [-0.25, -0.2) is 0 Å². The lowest BCUT2D eigenvalue weighted by Gasteiger charge is -2.27. The Labute approximate surface area is 107 Å². The van der Waals surface area contributed by atoms with Gasteiger partial charge >= 0.3 is 0 Å². The lowest BCUT2D eigenvalue weighted by atomic mass is 10.3. The molecule has 98 valence electrons. The molecule has 1 aromatic rings. The molecule has 0 spiro atoms. The molecular weight excluding hydrogens is 232 g/mol. The maximum absolute atomic E-state index is 11.9. The quantitative estimate of drug-likeness (QED) is 0.865. The van der Waals surface area contributed by atoms with E-state index in [9.17, 15) is 4.79 Å². The molecule has 1 aliphatic heterocycles. The van der Waals surface area contributed by atoms with E-state index in [2.05, 4.69) is 5.32 Å². The minimum absolute atomic E-state index is 0.0983. The van der Waals surface area contributed by atoms with Crippen LogP contribution in [0.4, 0.5) is 5.69 Å². The second-order valence-electron chi connectivity index (χ2n) is 4.08. The Kier molecular flexibility index (Phi) is 4.41. The van der Waals surface area contributed by atoms with E-state index in [0.29, 0.717) is 32.8 Å². The number of ether oxygens (including phenoxy) is 2. The van der Waals surface area contributed by atoms with E-state index in [0.717, 1.165) is 11.4 Å². The number of anilines is 1. The molecule has 2 rings (SSSR count). The van der Waals surface area contributed by atoms with Gasteiger partial charge in [-0.1, -0.05) is 6.07 Å². The number of methoxy groups -OCH3 is 1. The van der Waals surface area contributed by atoms with Crippen molar-refractivity contribution in [1.29, 1.82) is 0 Å². The van der Waals surface area contributed by atoms with Gasteiger partial charge in [-0.05, 0) is 12.1 Å². The highest BCUT2D eigenvalue weighted by Gasteiger charge is 2.16. The average Bonchev–Trinajstić information content (AvgIpc) is 2.46. The molecule has 0 saturated carbocycles. The van der Waals surface area contributed by atoms with Crippen LogP contribution in [-0.4, -0.2) is 50.8 Å². The van der Waals surface area contributed by atoms with Gasteiger partial charge in [0.25, 0.3) is 0 Å². The Bertz CT molecular complexity index is 403. The molecule has 0 aromatic heterocycles. The lowest BCUT2D eigenvalue weighted by molar-refractivity contribution is -0.133. The lowest BCUT2D eigenvalue weighted by Crippen LogP contribution is -2.43. The van der Waals surface area contributed by atoms with Crippen LogP contribution in [0.2, 0.25) is 0 Å². The Balaban J connectivity index is 1.84. The predicted octanol–water partition coefficient (Wildman–Crippen LogP) is 0.966. The summed E-state index contributed by atoms with van der Waals surface area (Å²) in [6.07, 6.45) is 0. The van der Waals surface area contributed by atoms with Crippen molar-refractivity contribution >= 4 is 11.6 Å². The summed E-state index contributed by atoms with van der Waals surface area (Å²) in [7, 11) is 1.62. The molecule has 1 fully saturated rings. The van der Waals surface area contributed by atoms with E-state index in [1.165, 1.54) is 0 Å². The predicted molar refractivity (Wildman–Crippen MR) is 68.9 cm³/mol. The molecule has 0 atom stereocenters. The van der Waals surface area contributed by atoms with Crippen LogP contribution in [0.5, 0.6) is 5.75 Å². The Hall–Kier alpha value is -1.75. The van der Waals surface area contributed by atoms with Crippen molar-refractivity contribution in [2.24, 2.45) is 0 Å². The minimum Gasteiger partial charge on any atom is -0.497 e. The van der Waals surface area contributed by atoms with Crippen molar-refractivity contribution in [1.82, 2.24) is 4.90 Å². The van der Waals surface area contributed by atoms with Gasteiger partial charge in [0.05, 0.1) is 26.9 Å². The zero-order chi connectivity index (χ0) is 12.8. The number of hydrogen-bond donors (Lipinski definition) is 1. The Morgan fingerprint density at radius 1 is 1.44 bits per heavy atom. The molecule has 1 heterocycles. The molecular formula is C13H18N2O3. The highest BCUT2D eigenvalue weighted by atomic mass is 16.5. The number of morpholine rings is 1. The van der Waals surface area contributed by atoms with Crippen molar-refractivity contribution < 1.29 is 14.3 Å². The zero-order valence-corrected chi connectivity index (χ0v) is 10.5. The third-order valence-corrected chi connectivity index (χ3v) is 2.88. The van der Waals surface area contributed by atoms with Gasteiger partial charge in [0.15, 0.2) is 0 Å². The van der Waals surface area contributed by atoms with Gasteiger partial charge in [0.2, 0.25) is 5.91 Å². The van der Waals surface area contributed by atoms with Crippen molar-refractivity contribution in [3.63, 3.8) is 0 Å². The van der Waals surface area contributed by atoms with Gasteiger partial charge in [-0.3, -0.25) is 4.79 Å². The van der Waals surface area contributed by atoms with E-state index in [4.69, 9.17) is 9.47 Å². The topological polar surface area (TPSA) is 50.8 Å². The molecule has 1 saturated heterocycles. The maximum atomic E-state index is 11.9. The van der Waals surface area contributed by atoms with E-state index in [-0.39, 0.29) is 5.91 Å². The van der Waals surface area contributed by atoms with Crippen LogP contribution in [0.3, 0.4) is 0 Å². The molecule has 1 amide bonds. The molecule has 0 bridgehead atoms. The van der Waals surface area contributed by atoms with Crippen molar-refractivity contribution in [3.05, 3.63) is 24.3 Å². The molecule has 0 aliphatic carbocycles. The normalized spacial score (nSPS) is 15.3. The highest BCUT2D eigenvalue weighted by Crippen LogP contribution is 2.16. The number of amides is 1. The number of nitrogens with one attached hydrogen (secondary N) is 1. The largest absolute Gasteiger partial charge is 0.497 e. The summed E-state index contributed by atoms with van der Waals surface area (Å²) in [6, 6.07) is 7.54. The first-order valence-corrected chi connectivity index (χ1v) is 6.03. The van der Waals surface area contributed by atoms with Gasteiger partial charge < -0.3 is 19.7 Å². The first-order chi connectivity index (χ1) is 8.79. The van der Waals surface area contributed by atoms with E-state index in [1.807, 2.05) is 29.2 Å². The number of benzene rings is 1. The smallest absolute Gasteiger partial charge is 0.242 e. The SMILES string of the molecule is COc1cccc(NCC(=O)N2CCOCC2)c1. The van der Waals surface area contributed by atoms with Gasteiger partial charge in [0, 0.05) is 24.8 Å². The fourth-order valence-corrected chi connectivity index (χ4v) is 1.84. The fourth-order valence-electron chi connectivity index (χ4n) is 1.84. The van der Waals surface area contributed by atoms with E-state index in [1.54, 1.807) is 7.11 Å². The number of nitrogens with zero attached hydrogens (tertiary/aromatic N) is 1. The number of rotatable bonds is 4. The van der Waals surface area contributed by atoms with Crippen LogP contribution in [0.1, 0.15) is 0 Å². The van der Waals surface area contributed by atoms with Crippen LogP contribution in [-0.2, 0) is 9.53 Å². The first kappa shape index (κ1) is 12.7. The van der Waals surface area contributed by atoms with Crippen molar-refractivity contribution in [2.45, 2.75) is 0 Å². The molecule has 0 radical (unpaired) electrons. The van der Waals surface area contributed by atoms with E-state index < -0.39 is 0 Å². The molecule has 0 unspecified atom stereocenters. The minimum atomic E-state index is 0.0983. The van der Waals surface area contributed by atoms with Crippen LogP contribution in [0.25, 0.3) is 0 Å². The second-order valence-corrected chi connectivity index (χ2v) is 4.08. The van der Waals surface area contributed by atoms with Crippen LogP contribution in [0.15, 0.2) is 24.3 Å². The van der Waals surface area contributed by atoms with Crippen molar-refractivity contribution in [3.8, 4) is 5.75 Å². The zero-order valence-electron chi connectivity index (χ0n) is 10.5. The molecule has 1 aromatic carbocycles. The monoisotopic (exact) mass is 250 g/mol. The third kappa shape index (κ3) is 3.37.